The van der Waals surface area contributed by atoms with Gasteiger partial charge in [-0.3, -0.25) is 4.31 Å². The van der Waals surface area contributed by atoms with Gasteiger partial charge in [-0.15, -0.1) is 11.3 Å². The van der Waals surface area contributed by atoms with E-state index >= 15 is 0 Å². The molecule has 130 valence electrons. The number of ether oxygens (including phenoxy) is 1. The van der Waals surface area contributed by atoms with Crippen molar-refractivity contribution in [2.75, 3.05) is 18.5 Å². The number of halogens is 1. The Morgan fingerprint density at radius 1 is 1.28 bits per heavy atom. The van der Waals surface area contributed by atoms with Gasteiger partial charge in [-0.1, -0.05) is 0 Å². The molecule has 2 aromatic heterocycles. The minimum absolute atomic E-state index is 0.203. The smallest absolute Gasteiger partial charge is 0.351 e. The number of thiophene rings is 1. The normalized spacial score (nSPS) is 12.1. The van der Waals surface area contributed by atoms with E-state index in [0.29, 0.717) is 14.6 Å². The molecule has 0 radical (unpaired) electrons. The fourth-order valence-corrected chi connectivity index (χ4v) is 4.21. The van der Waals surface area contributed by atoms with Crippen molar-refractivity contribution >= 4 is 43.6 Å². The average Bonchev–Trinajstić information content (AvgIpc) is 3.02. The molecule has 0 spiro atoms. The van der Waals surface area contributed by atoms with Gasteiger partial charge in [-0.05, 0) is 30.3 Å². The molecule has 0 bridgehead atoms. The van der Waals surface area contributed by atoms with Gasteiger partial charge in [0.1, 0.15) is 16.4 Å². The first kappa shape index (κ1) is 17.3. The summed E-state index contributed by atoms with van der Waals surface area (Å²) in [6.07, 6.45) is 0. The van der Waals surface area contributed by atoms with Gasteiger partial charge in [-0.25, -0.2) is 18.2 Å². The van der Waals surface area contributed by atoms with Gasteiger partial charge < -0.3 is 9.15 Å². The van der Waals surface area contributed by atoms with Crippen LogP contribution in [0.2, 0.25) is 0 Å². The first-order valence-corrected chi connectivity index (χ1v) is 8.90. The molecule has 1 aromatic carbocycles. The van der Waals surface area contributed by atoms with Crippen LogP contribution in [0.25, 0.3) is 10.3 Å². The third-order valence-corrected chi connectivity index (χ3v) is 6.01. The van der Waals surface area contributed by atoms with Gasteiger partial charge in [-0.2, -0.15) is 0 Å². The van der Waals surface area contributed by atoms with Crippen LogP contribution < -0.4 is 9.93 Å². The lowest BCUT2D eigenvalue weighted by atomic mass is 10.3. The van der Waals surface area contributed by atoms with E-state index in [-0.39, 0.29) is 11.1 Å². The van der Waals surface area contributed by atoms with Crippen molar-refractivity contribution in [1.82, 2.24) is 0 Å². The molecule has 0 aliphatic rings. The predicted octanol–water partition coefficient (Wildman–Crippen LogP) is 2.94. The molecule has 3 aromatic rings. The number of fused-ring (bicyclic) bond motifs is 1. The van der Waals surface area contributed by atoms with Crippen LogP contribution >= 0.6 is 11.3 Å². The Balaban J connectivity index is 1.98. The molecule has 1 unspecified atom stereocenters. The molecule has 0 amide bonds. The maximum atomic E-state index is 13.0. The zero-order chi connectivity index (χ0) is 18.1. The predicted molar refractivity (Wildman–Crippen MR) is 92.9 cm³/mol. The largest absolute Gasteiger partial charge is 0.465 e. The number of hydrogen-bond donors (Lipinski definition) is 0. The average molecular weight is 381 g/mol. The fraction of sp³-hybridized carbons (Fsp3) is 0.125. The van der Waals surface area contributed by atoms with E-state index in [2.05, 4.69) is 4.74 Å². The number of esters is 1. The highest BCUT2D eigenvalue weighted by molar-refractivity contribution is 7.86. The van der Waals surface area contributed by atoms with Gasteiger partial charge in [0, 0.05) is 13.1 Å². The highest BCUT2D eigenvalue weighted by Gasteiger charge is 2.19. The first-order valence-electron chi connectivity index (χ1n) is 6.98. The summed E-state index contributed by atoms with van der Waals surface area (Å²) in [5.41, 5.74) is -0.725. The Kier molecular flexibility index (Phi) is 4.69. The van der Waals surface area contributed by atoms with Crippen LogP contribution in [-0.2, 0) is 15.7 Å². The van der Waals surface area contributed by atoms with Gasteiger partial charge in [0.15, 0.2) is 16.6 Å². The van der Waals surface area contributed by atoms with Crippen molar-refractivity contribution < 1.29 is 22.5 Å². The molecule has 2 heterocycles. The van der Waals surface area contributed by atoms with Crippen LogP contribution in [0.4, 0.5) is 9.39 Å². The second-order valence-corrected chi connectivity index (χ2v) is 7.53. The molecule has 3 rings (SSSR count). The topological polar surface area (TPSA) is 76.8 Å². The molecule has 1 atom stereocenters. The monoisotopic (exact) mass is 381 g/mol. The van der Waals surface area contributed by atoms with Gasteiger partial charge >= 0.3 is 11.6 Å². The molecule has 0 saturated carbocycles. The van der Waals surface area contributed by atoms with Crippen molar-refractivity contribution in [2.45, 2.75) is 4.90 Å². The van der Waals surface area contributed by atoms with Crippen molar-refractivity contribution in [1.29, 1.82) is 0 Å². The van der Waals surface area contributed by atoms with Crippen molar-refractivity contribution in [3.63, 3.8) is 0 Å². The highest BCUT2D eigenvalue weighted by Crippen LogP contribution is 2.33. The lowest BCUT2D eigenvalue weighted by Crippen LogP contribution is -2.19. The second-order valence-electron chi connectivity index (χ2n) is 4.95. The Bertz CT molecular complexity index is 1030. The number of carbonyl (C=O) groups is 1. The quantitative estimate of drug-likeness (QED) is 0.650. The van der Waals surface area contributed by atoms with Crippen molar-refractivity contribution in [3.05, 3.63) is 58.2 Å². The molecule has 9 heteroatoms. The van der Waals surface area contributed by atoms with Gasteiger partial charge in [0.25, 0.3) is 0 Å². The minimum Gasteiger partial charge on any atom is -0.465 e. The zero-order valence-electron chi connectivity index (χ0n) is 13.1. The highest BCUT2D eigenvalue weighted by atomic mass is 32.2. The Morgan fingerprint density at radius 2 is 1.96 bits per heavy atom. The number of anilines is 1. The van der Waals surface area contributed by atoms with E-state index in [0.717, 1.165) is 0 Å². The standard InChI is InChI=1S/C16H12FNO5S2/c1-18(25(21)10-5-3-9(17)4-6-10)14-8-12-13(24-14)7-11(15(19)22-2)16(20)23-12/h3-8H,1-2H3. The van der Waals surface area contributed by atoms with Crippen LogP contribution in [0.1, 0.15) is 10.4 Å². The summed E-state index contributed by atoms with van der Waals surface area (Å²) in [5, 5.41) is 0.558. The summed E-state index contributed by atoms with van der Waals surface area (Å²) in [4.78, 5) is 23.8. The maximum absolute atomic E-state index is 13.0. The summed E-state index contributed by atoms with van der Waals surface area (Å²) in [6, 6.07) is 8.27. The van der Waals surface area contributed by atoms with E-state index in [1.165, 1.54) is 53.1 Å². The Labute approximate surface area is 148 Å². The fourth-order valence-electron chi connectivity index (χ4n) is 2.10. The number of methoxy groups -OCH3 is 1. The van der Waals surface area contributed by atoms with Crippen molar-refractivity contribution in [3.8, 4) is 0 Å². The lowest BCUT2D eigenvalue weighted by molar-refractivity contribution is 0.0596. The lowest BCUT2D eigenvalue weighted by Gasteiger charge is -2.15. The molecular formula is C16H12FNO5S2. The van der Waals surface area contributed by atoms with Gasteiger partial charge in [0.05, 0.1) is 16.7 Å². The SMILES string of the molecule is COC(=O)c1cc2sc(N(C)S(=O)c3ccc(F)cc3)cc2oc1=O. The summed E-state index contributed by atoms with van der Waals surface area (Å²) < 4.78 is 37.2. The molecule has 0 aliphatic heterocycles. The number of rotatable bonds is 4. The zero-order valence-corrected chi connectivity index (χ0v) is 14.8. The first-order chi connectivity index (χ1) is 11.9. The Morgan fingerprint density at radius 3 is 2.60 bits per heavy atom. The number of carbonyl (C=O) groups excluding carboxylic acids is 1. The van der Waals surface area contributed by atoms with E-state index in [9.17, 15) is 18.2 Å². The molecule has 25 heavy (non-hydrogen) atoms. The third-order valence-electron chi connectivity index (χ3n) is 3.39. The van der Waals surface area contributed by atoms with Crippen LogP contribution in [-0.4, -0.2) is 24.3 Å². The van der Waals surface area contributed by atoms with E-state index in [1.807, 2.05) is 0 Å². The second kappa shape index (κ2) is 6.77. The summed E-state index contributed by atoms with van der Waals surface area (Å²) in [5.74, 6) is -1.20. The molecule has 0 aliphatic carbocycles. The van der Waals surface area contributed by atoms with Crippen LogP contribution in [0.5, 0.6) is 0 Å². The molecule has 0 N–H and O–H groups in total. The minimum atomic E-state index is -1.57. The van der Waals surface area contributed by atoms with E-state index in [1.54, 1.807) is 13.1 Å². The van der Waals surface area contributed by atoms with E-state index < -0.39 is 28.4 Å². The van der Waals surface area contributed by atoms with Crippen molar-refractivity contribution in [2.24, 2.45) is 0 Å². The van der Waals surface area contributed by atoms with E-state index in [4.69, 9.17) is 4.42 Å². The molecule has 6 nitrogen and oxygen atoms in total. The molecule has 0 saturated heterocycles. The summed E-state index contributed by atoms with van der Waals surface area (Å²) >= 11 is 1.20. The Hall–Kier alpha value is -2.52. The number of hydrogen-bond acceptors (Lipinski definition) is 6. The van der Waals surface area contributed by atoms with Crippen LogP contribution in [0.3, 0.4) is 0 Å². The maximum Gasteiger partial charge on any atom is 0.351 e. The summed E-state index contributed by atoms with van der Waals surface area (Å²) in [6.45, 7) is 0. The number of nitrogens with zero attached hydrogens (tertiary/aromatic N) is 1. The molecular weight excluding hydrogens is 369 g/mol. The summed E-state index contributed by atoms with van der Waals surface area (Å²) in [7, 11) is 1.20. The van der Waals surface area contributed by atoms with Crippen LogP contribution in [0.15, 0.2) is 50.5 Å². The van der Waals surface area contributed by atoms with Crippen LogP contribution in [0, 0.1) is 5.82 Å². The van der Waals surface area contributed by atoms with Gasteiger partial charge in [0.2, 0.25) is 0 Å². The third kappa shape index (κ3) is 3.33. The number of benzene rings is 1. The molecule has 0 fully saturated rings.